The van der Waals surface area contributed by atoms with Gasteiger partial charge in [0.15, 0.2) is 0 Å². The third kappa shape index (κ3) is 3.40. The van der Waals surface area contributed by atoms with E-state index in [1.807, 2.05) is 0 Å². The van der Waals surface area contributed by atoms with Gasteiger partial charge in [-0.1, -0.05) is 6.07 Å². The third-order valence-corrected chi connectivity index (χ3v) is 4.23. The zero-order chi connectivity index (χ0) is 19.1. The number of aryl methyl sites for hydroxylation is 1. The van der Waals surface area contributed by atoms with E-state index < -0.39 is 29.0 Å². The maximum Gasteiger partial charge on any atom is 0.416 e. The molecular formula is C18H14F4N2O2. The monoisotopic (exact) mass is 366 g/mol. The van der Waals surface area contributed by atoms with Crippen LogP contribution in [0.15, 0.2) is 36.4 Å². The van der Waals surface area contributed by atoms with E-state index in [1.54, 1.807) is 25.2 Å². The van der Waals surface area contributed by atoms with Gasteiger partial charge in [0, 0.05) is 24.8 Å². The van der Waals surface area contributed by atoms with Crippen molar-refractivity contribution >= 4 is 23.2 Å². The lowest BCUT2D eigenvalue weighted by molar-refractivity contribution is -0.137. The van der Waals surface area contributed by atoms with Crippen LogP contribution in [0.4, 0.5) is 28.9 Å². The van der Waals surface area contributed by atoms with Crippen LogP contribution in [0.1, 0.15) is 27.9 Å². The normalized spacial score (nSPS) is 14.2. The molecule has 2 amide bonds. The van der Waals surface area contributed by atoms with Crippen molar-refractivity contribution < 1.29 is 27.2 Å². The number of amides is 2. The predicted octanol–water partition coefficient (Wildman–Crippen LogP) is 4.01. The van der Waals surface area contributed by atoms with Crippen molar-refractivity contribution in [3.8, 4) is 0 Å². The predicted molar refractivity (Wildman–Crippen MR) is 87.5 cm³/mol. The molecule has 1 heterocycles. The molecule has 0 fully saturated rings. The number of halogens is 4. The highest BCUT2D eigenvalue weighted by Gasteiger charge is 2.31. The highest BCUT2D eigenvalue weighted by molar-refractivity contribution is 6.05. The van der Waals surface area contributed by atoms with Crippen LogP contribution in [0.3, 0.4) is 0 Å². The highest BCUT2D eigenvalue weighted by atomic mass is 19.4. The topological polar surface area (TPSA) is 49.4 Å². The Labute approximate surface area is 146 Å². The number of anilines is 2. The Morgan fingerprint density at radius 3 is 2.50 bits per heavy atom. The summed E-state index contributed by atoms with van der Waals surface area (Å²) >= 11 is 0. The molecule has 0 atom stereocenters. The number of hydrogen-bond acceptors (Lipinski definition) is 2. The summed E-state index contributed by atoms with van der Waals surface area (Å²) in [5.74, 6) is -2.20. The number of fused-ring (bicyclic) bond motifs is 1. The summed E-state index contributed by atoms with van der Waals surface area (Å²) in [5, 5.41) is 2.44. The summed E-state index contributed by atoms with van der Waals surface area (Å²) in [6, 6.07) is 6.65. The quantitative estimate of drug-likeness (QED) is 0.817. The summed E-state index contributed by atoms with van der Waals surface area (Å²) in [4.78, 5) is 25.4. The lowest BCUT2D eigenvalue weighted by atomic mass is 10.0. The Balaban J connectivity index is 1.84. The van der Waals surface area contributed by atoms with Gasteiger partial charge in [0.2, 0.25) is 5.91 Å². The first-order valence-corrected chi connectivity index (χ1v) is 7.74. The van der Waals surface area contributed by atoms with Gasteiger partial charge in [-0.2, -0.15) is 13.2 Å². The van der Waals surface area contributed by atoms with Crippen LogP contribution < -0.4 is 10.2 Å². The van der Waals surface area contributed by atoms with E-state index in [0.29, 0.717) is 30.3 Å². The average Bonchev–Trinajstić information content (AvgIpc) is 2.57. The summed E-state index contributed by atoms with van der Waals surface area (Å²) in [6.45, 7) is 0. The number of nitrogens with zero attached hydrogens (tertiary/aromatic N) is 1. The van der Waals surface area contributed by atoms with Crippen molar-refractivity contribution in [2.45, 2.75) is 19.0 Å². The number of rotatable bonds is 2. The Hall–Kier alpha value is -2.90. The number of benzene rings is 2. The van der Waals surface area contributed by atoms with E-state index in [4.69, 9.17) is 0 Å². The molecule has 0 bridgehead atoms. The molecule has 1 aliphatic rings. The van der Waals surface area contributed by atoms with Crippen LogP contribution in [0, 0.1) is 5.82 Å². The number of alkyl halides is 3. The molecule has 0 radical (unpaired) electrons. The minimum atomic E-state index is -4.69. The zero-order valence-electron chi connectivity index (χ0n) is 13.7. The highest BCUT2D eigenvalue weighted by Crippen LogP contribution is 2.31. The fraction of sp³-hybridized carbons (Fsp3) is 0.222. The van der Waals surface area contributed by atoms with Crippen molar-refractivity contribution in [2.24, 2.45) is 0 Å². The van der Waals surface area contributed by atoms with Gasteiger partial charge in [-0.25, -0.2) is 4.39 Å². The lowest BCUT2D eigenvalue weighted by Gasteiger charge is -2.26. The standard InChI is InChI=1S/C18H14F4N2O2/c1-24-15-9-12(5-2-10(15)3-7-16(24)25)23-17(26)13-6-4-11(8-14(13)19)18(20,21)22/h2,4-6,8-9H,3,7H2,1H3,(H,23,26). The smallest absolute Gasteiger partial charge is 0.322 e. The first kappa shape index (κ1) is 17.9. The second-order valence-electron chi connectivity index (χ2n) is 5.94. The summed E-state index contributed by atoms with van der Waals surface area (Å²) < 4.78 is 51.6. The minimum Gasteiger partial charge on any atom is -0.322 e. The Kier molecular flexibility index (Phi) is 4.43. The molecule has 3 rings (SSSR count). The molecule has 0 saturated carbocycles. The van der Waals surface area contributed by atoms with Gasteiger partial charge in [-0.05, 0) is 42.3 Å². The molecule has 0 unspecified atom stereocenters. The fourth-order valence-corrected chi connectivity index (χ4v) is 2.78. The molecule has 0 spiro atoms. The molecule has 0 saturated heterocycles. The van der Waals surface area contributed by atoms with Gasteiger partial charge in [0.1, 0.15) is 5.82 Å². The van der Waals surface area contributed by atoms with Crippen LogP contribution in [0.25, 0.3) is 0 Å². The van der Waals surface area contributed by atoms with E-state index in [-0.39, 0.29) is 12.0 Å². The molecule has 4 nitrogen and oxygen atoms in total. The second-order valence-corrected chi connectivity index (χ2v) is 5.94. The van der Waals surface area contributed by atoms with Crippen molar-refractivity contribution in [1.82, 2.24) is 0 Å². The van der Waals surface area contributed by atoms with E-state index in [2.05, 4.69) is 5.32 Å². The number of carbonyl (C=O) groups is 2. The average molecular weight is 366 g/mol. The molecule has 0 aliphatic carbocycles. The summed E-state index contributed by atoms with van der Waals surface area (Å²) in [5.41, 5.74) is 0.216. The molecule has 2 aromatic carbocycles. The lowest BCUT2D eigenvalue weighted by Crippen LogP contribution is -2.31. The van der Waals surface area contributed by atoms with Crippen LogP contribution in [0.5, 0.6) is 0 Å². The molecule has 0 aromatic heterocycles. The number of hydrogen-bond donors (Lipinski definition) is 1. The maximum absolute atomic E-state index is 13.9. The maximum atomic E-state index is 13.9. The number of carbonyl (C=O) groups excluding carboxylic acids is 2. The van der Waals surface area contributed by atoms with E-state index in [9.17, 15) is 27.2 Å². The van der Waals surface area contributed by atoms with E-state index in [1.165, 1.54) is 4.90 Å². The molecule has 1 N–H and O–H groups in total. The van der Waals surface area contributed by atoms with Crippen molar-refractivity contribution in [2.75, 3.05) is 17.3 Å². The molecular weight excluding hydrogens is 352 g/mol. The van der Waals surface area contributed by atoms with Gasteiger partial charge in [-0.3, -0.25) is 9.59 Å². The third-order valence-electron chi connectivity index (χ3n) is 4.23. The Bertz CT molecular complexity index is 893. The van der Waals surface area contributed by atoms with Crippen molar-refractivity contribution in [3.05, 3.63) is 58.9 Å². The summed E-state index contributed by atoms with van der Waals surface area (Å²) in [6.07, 6.45) is -3.71. The van der Waals surface area contributed by atoms with Gasteiger partial charge in [0.05, 0.1) is 11.1 Å². The first-order chi connectivity index (χ1) is 12.2. The van der Waals surface area contributed by atoms with Crippen LogP contribution in [-0.4, -0.2) is 18.9 Å². The Morgan fingerprint density at radius 2 is 1.85 bits per heavy atom. The Morgan fingerprint density at radius 1 is 1.12 bits per heavy atom. The first-order valence-electron chi connectivity index (χ1n) is 7.74. The second kappa shape index (κ2) is 6.44. The van der Waals surface area contributed by atoms with Crippen molar-refractivity contribution in [1.29, 1.82) is 0 Å². The molecule has 26 heavy (non-hydrogen) atoms. The number of nitrogens with one attached hydrogen (secondary N) is 1. The van der Waals surface area contributed by atoms with E-state index in [0.717, 1.165) is 11.6 Å². The van der Waals surface area contributed by atoms with Gasteiger partial charge < -0.3 is 10.2 Å². The SMILES string of the molecule is CN1C(=O)CCc2ccc(NC(=O)c3ccc(C(F)(F)F)cc3F)cc21. The molecule has 1 aliphatic heterocycles. The van der Waals surface area contributed by atoms with Gasteiger partial charge in [0.25, 0.3) is 5.91 Å². The van der Waals surface area contributed by atoms with Gasteiger partial charge in [-0.15, -0.1) is 0 Å². The largest absolute Gasteiger partial charge is 0.416 e. The molecule has 8 heteroatoms. The van der Waals surface area contributed by atoms with E-state index >= 15 is 0 Å². The fourth-order valence-electron chi connectivity index (χ4n) is 2.78. The van der Waals surface area contributed by atoms with Crippen LogP contribution in [0.2, 0.25) is 0 Å². The van der Waals surface area contributed by atoms with Gasteiger partial charge >= 0.3 is 6.18 Å². The molecule has 2 aromatic rings. The van der Waals surface area contributed by atoms with Crippen LogP contribution >= 0.6 is 0 Å². The summed E-state index contributed by atoms with van der Waals surface area (Å²) in [7, 11) is 1.61. The zero-order valence-corrected chi connectivity index (χ0v) is 13.7. The molecule has 136 valence electrons. The van der Waals surface area contributed by atoms with Crippen molar-refractivity contribution in [3.63, 3.8) is 0 Å². The van der Waals surface area contributed by atoms with Crippen LogP contribution in [-0.2, 0) is 17.4 Å². The minimum absolute atomic E-state index is 0.0604.